The van der Waals surface area contributed by atoms with Crippen LogP contribution in [0.4, 0.5) is 5.69 Å². The van der Waals surface area contributed by atoms with Gasteiger partial charge in [0, 0.05) is 24.3 Å². The average Bonchev–Trinajstić information content (AvgIpc) is 2.48. The number of benzene rings is 1. The van der Waals surface area contributed by atoms with Gasteiger partial charge in [0.1, 0.15) is 0 Å². The molecule has 1 aromatic carbocycles. The molecule has 1 heterocycles. The molecule has 1 saturated heterocycles. The van der Waals surface area contributed by atoms with E-state index in [0.717, 1.165) is 31.6 Å². The summed E-state index contributed by atoms with van der Waals surface area (Å²) < 4.78 is 0. The van der Waals surface area contributed by atoms with Gasteiger partial charge in [0.2, 0.25) is 5.91 Å². The largest absolute Gasteiger partial charge is 0.360 e. The Labute approximate surface area is 120 Å². The number of anilines is 1. The maximum absolute atomic E-state index is 11.4. The molecule has 1 aliphatic carbocycles. The van der Waals surface area contributed by atoms with E-state index in [1.54, 1.807) is 0 Å². The number of nitrogens with two attached hydrogens (primary N) is 1. The molecule has 1 saturated carbocycles. The van der Waals surface area contributed by atoms with Crippen molar-refractivity contribution in [3.8, 4) is 0 Å². The Morgan fingerprint density at radius 2 is 1.80 bits per heavy atom. The standard InChI is InChI=1S/C16H23N3O/c17-16(8-2-1-3-9-16)13-4-6-14(7-5-13)19-11-10-18-15(20)12-19/h4-7H,1-3,8-12,17H2,(H,18,20). The van der Waals surface area contributed by atoms with Gasteiger partial charge in [-0.25, -0.2) is 0 Å². The molecule has 108 valence electrons. The Morgan fingerprint density at radius 3 is 2.45 bits per heavy atom. The van der Waals surface area contributed by atoms with Crippen LogP contribution in [-0.2, 0) is 10.3 Å². The van der Waals surface area contributed by atoms with E-state index in [1.807, 2.05) is 0 Å². The van der Waals surface area contributed by atoms with Gasteiger partial charge in [-0.3, -0.25) is 4.79 Å². The van der Waals surface area contributed by atoms with Gasteiger partial charge in [0.05, 0.1) is 6.54 Å². The molecule has 1 aliphatic heterocycles. The van der Waals surface area contributed by atoms with Crippen molar-refractivity contribution < 1.29 is 4.79 Å². The molecule has 4 heteroatoms. The zero-order valence-corrected chi connectivity index (χ0v) is 11.9. The van der Waals surface area contributed by atoms with Crippen LogP contribution in [0, 0.1) is 0 Å². The molecule has 3 N–H and O–H groups in total. The number of rotatable bonds is 2. The molecule has 0 bridgehead atoms. The zero-order valence-electron chi connectivity index (χ0n) is 11.9. The van der Waals surface area contributed by atoms with E-state index in [4.69, 9.17) is 5.73 Å². The maximum atomic E-state index is 11.4. The van der Waals surface area contributed by atoms with E-state index in [1.165, 1.54) is 24.8 Å². The Morgan fingerprint density at radius 1 is 1.10 bits per heavy atom. The Bertz CT molecular complexity index is 477. The van der Waals surface area contributed by atoms with Crippen molar-refractivity contribution in [2.24, 2.45) is 5.73 Å². The normalized spacial score (nSPS) is 22.4. The van der Waals surface area contributed by atoms with E-state index in [9.17, 15) is 4.79 Å². The molecule has 4 nitrogen and oxygen atoms in total. The first-order valence-corrected chi connectivity index (χ1v) is 7.58. The molecule has 1 aromatic rings. The maximum Gasteiger partial charge on any atom is 0.239 e. The molecule has 0 unspecified atom stereocenters. The van der Waals surface area contributed by atoms with Gasteiger partial charge >= 0.3 is 0 Å². The van der Waals surface area contributed by atoms with Crippen molar-refractivity contribution in [1.82, 2.24) is 5.32 Å². The summed E-state index contributed by atoms with van der Waals surface area (Å²) in [6.45, 7) is 2.05. The van der Waals surface area contributed by atoms with Crippen LogP contribution >= 0.6 is 0 Å². The number of amides is 1. The number of carbonyl (C=O) groups is 1. The predicted octanol–water partition coefficient (Wildman–Crippen LogP) is 1.74. The van der Waals surface area contributed by atoms with E-state index >= 15 is 0 Å². The van der Waals surface area contributed by atoms with Crippen LogP contribution in [0.1, 0.15) is 37.7 Å². The predicted molar refractivity (Wildman–Crippen MR) is 80.6 cm³/mol. The number of piperazine rings is 1. The Hall–Kier alpha value is -1.55. The second kappa shape index (κ2) is 5.44. The van der Waals surface area contributed by atoms with Gasteiger partial charge in [-0.2, -0.15) is 0 Å². The smallest absolute Gasteiger partial charge is 0.239 e. The van der Waals surface area contributed by atoms with Crippen LogP contribution < -0.4 is 16.0 Å². The lowest BCUT2D eigenvalue weighted by molar-refractivity contribution is -0.120. The Kier molecular flexibility index (Phi) is 3.66. The summed E-state index contributed by atoms with van der Waals surface area (Å²) in [7, 11) is 0. The molecule has 0 aromatic heterocycles. The number of carbonyl (C=O) groups excluding carboxylic acids is 1. The summed E-state index contributed by atoms with van der Waals surface area (Å²) in [5.74, 6) is 0.0999. The third kappa shape index (κ3) is 2.66. The summed E-state index contributed by atoms with van der Waals surface area (Å²) in [4.78, 5) is 13.6. The van der Waals surface area contributed by atoms with Gasteiger partial charge < -0.3 is 16.0 Å². The van der Waals surface area contributed by atoms with Crippen molar-refractivity contribution in [1.29, 1.82) is 0 Å². The monoisotopic (exact) mass is 273 g/mol. The minimum absolute atomic E-state index is 0.0999. The van der Waals surface area contributed by atoms with Gasteiger partial charge in [-0.1, -0.05) is 31.4 Å². The molecule has 0 spiro atoms. The lowest BCUT2D eigenvalue weighted by Gasteiger charge is -2.34. The van der Waals surface area contributed by atoms with Crippen LogP contribution in [0.5, 0.6) is 0 Å². The second-order valence-electron chi connectivity index (χ2n) is 6.04. The van der Waals surface area contributed by atoms with Crippen molar-refractivity contribution in [2.45, 2.75) is 37.6 Å². The lowest BCUT2D eigenvalue weighted by Crippen LogP contribution is -2.47. The van der Waals surface area contributed by atoms with Crippen molar-refractivity contribution >= 4 is 11.6 Å². The first-order valence-electron chi connectivity index (χ1n) is 7.58. The molecule has 3 rings (SSSR count). The third-order valence-corrected chi connectivity index (χ3v) is 4.59. The fraction of sp³-hybridized carbons (Fsp3) is 0.562. The van der Waals surface area contributed by atoms with E-state index < -0.39 is 0 Å². The molecule has 2 aliphatic rings. The summed E-state index contributed by atoms with van der Waals surface area (Å²) in [5.41, 5.74) is 8.76. The van der Waals surface area contributed by atoms with Gasteiger partial charge in [-0.15, -0.1) is 0 Å². The van der Waals surface area contributed by atoms with Crippen LogP contribution in [0.2, 0.25) is 0 Å². The first-order chi connectivity index (χ1) is 9.67. The fourth-order valence-electron chi connectivity index (χ4n) is 3.33. The topological polar surface area (TPSA) is 58.4 Å². The van der Waals surface area contributed by atoms with Crippen LogP contribution in [0.15, 0.2) is 24.3 Å². The molecule has 0 radical (unpaired) electrons. The number of hydrogen-bond acceptors (Lipinski definition) is 3. The number of nitrogens with one attached hydrogen (secondary N) is 1. The third-order valence-electron chi connectivity index (χ3n) is 4.59. The zero-order chi connectivity index (χ0) is 14.0. The summed E-state index contributed by atoms with van der Waals surface area (Å²) in [5, 5.41) is 2.85. The SMILES string of the molecule is NC1(c2ccc(N3CCNC(=O)C3)cc2)CCCCC1. The fourth-order valence-corrected chi connectivity index (χ4v) is 3.33. The number of hydrogen-bond donors (Lipinski definition) is 2. The molecular formula is C16H23N3O. The van der Waals surface area contributed by atoms with Gasteiger partial charge in [0.25, 0.3) is 0 Å². The lowest BCUT2D eigenvalue weighted by atomic mass is 9.77. The molecule has 0 atom stereocenters. The van der Waals surface area contributed by atoms with Gasteiger partial charge in [0.15, 0.2) is 0 Å². The van der Waals surface area contributed by atoms with E-state index in [2.05, 4.69) is 34.5 Å². The Balaban J connectivity index is 1.75. The van der Waals surface area contributed by atoms with Crippen molar-refractivity contribution in [3.05, 3.63) is 29.8 Å². The highest BCUT2D eigenvalue weighted by molar-refractivity contribution is 5.82. The molecule has 2 fully saturated rings. The van der Waals surface area contributed by atoms with Crippen molar-refractivity contribution in [2.75, 3.05) is 24.5 Å². The van der Waals surface area contributed by atoms with Crippen LogP contribution in [0.25, 0.3) is 0 Å². The number of nitrogens with zero attached hydrogens (tertiary/aromatic N) is 1. The minimum Gasteiger partial charge on any atom is -0.360 e. The summed E-state index contributed by atoms with van der Waals surface area (Å²) in [6.07, 6.45) is 5.92. The quantitative estimate of drug-likeness (QED) is 0.863. The van der Waals surface area contributed by atoms with E-state index in [-0.39, 0.29) is 11.4 Å². The summed E-state index contributed by atoms with van der Waals surface area (Å²) >= 11 is 0. The average molecular weight is 273 g/mol. The minimum atomic E-state index is -0.143. The van der Waals surface area contributed by atoms with Crippen LogP contribution in [-0.4, -0.2) is 25.5 Å². The van der Waals surface area contributed by atoms with Gasteiger partial charge in [-0.05, 0) is 30.5 Å². The highest BCUT2D eigenvalue weighted by Gasteiger charge is 2.29. The molecular weight excluding hydrogens is 250 g/mol. The highest BCUT2D eigenvalue weighted by atomic mass is 16.2. The van der Waals surface area contributed by atoms with E-state index in [0.29, 0.717) is 6.54 Å². The molecule has 20 heavy (non-hydrogen) atoms. The van der Waals surface area contributed by atoms with Crippen molar-refractivity contribution in [3.63, 3.8) is 0 Å². The highest BCUT2D eigenvalue weighted by Crippen LogP contribution is 2.35. The molecule has 1 amide bonds. The summed E-state index contributed by atoms with van der Waals surface area (Å²) in [6, 6.07) is 8.51. The first kappa shape index (κ1) is 13.4. The van der Waals surface area contributed by atoms with Crippen LogP contribution in [0.3, 0.4) is 0 Å². The second-order valence-corrected chi connectivity index (χ2v) is 6.04.